The molecular formula is C29H44N2O6. The fourth-order valence-corrected chi connectivity index (χ4v) is 6.75. The number of cyclic esters (lactones) is 1. The van der Waals surface area contributed by atoms with Gasteiger partial charge in [-0.15, -0.1) is 0 Å². The van der Waals surface area contributed by atoms with E-state index in [1.807, 2.05) is 45.1 Å². The van der Waals surface area contributed by atoms with E-state index in [1.165, 1.54) is 0 Å². The highest BCUT2D eigenvalue weighted by Crippen LogP contribution is 2.57. The zero-order chi connectivity index (χ0) is 26.8. The molecule has 4 aliphatic rings. The number of unbranched alkanes of at least 4 members (excludes halogenated alkanes) is 2. The molecule has 37 heavy (non-hydrogen) atoms. The maximum Gasteiger partial charge on any atom is 0.313 e. The Kier molecular flexibility index (Phi) is 8.48. The SMILES string of the molecule is CCCCCN1CC=C[C@]23O[C@]4(C)/C=C\CCCCOC(=O)[C@@H]4[C@H]2C(=O)N([C@@H](CO)CC(C)C)C3C1=O. The molecule has 2 fully saturated rings. The largest absolute Gasteiger partial charge is 0.465 e. The number of carbonyl (C=O) groups excluding carboxylic acids is 3. The van der Waals surface area contributed by atoms with Gasteiger partial charge in [0.1, 0.15) is 17.6 Å². The maximum absolute atomic E-state index is 14.3. The molecule has 2 saturated heterocycles. The topological polar surface area (TPSA) is 96.4 Å². The highest BCUT2D eigenvalue weighted by Gasteiger charge is 2.75. The molecule has 206 valence electrons. The Balaban J connectivity index is 1.83. The molecule has 1 N–H and O–H groups in total. The molecule has 8 heteroatoms. The van der Waals surface area contributed by atoms with Gasteiger partial charge < -0.3 is 24.4 Å². The van der Waals surface area contributed by atoms with E-state index in [2.05, 4.69) is 6.92 Å². The van der Waals surface area contributed by atoms with Crippen molar-refractivity contribution < 1.29 is 29.0 Å². The molecule has 6 atom stereocenters. The summed E-state index contributed by atoms with van der Waals surface area (Å²) in [7, 11) is 0. The number of amides is 2. The van der Waals surface area contributed by atoms with Crippen LogP contribution >= 0.6 is 0 Å². The highest BCUT2D eigenvalue weighted by molar-refractivity contribution is 5.99. The Hall–Kier alpha value is -2.19. The van der Waals surface area contributed by atoms with E-state index in [1.54, 1.807) is 9.80 Å². The highest BCUT2D eigenvalue weighted by atomic mass is 16.6. The minimum absolute atomic E-state index is 0.177. The lowest BCUT2D eigenvalue weighted by molar-refractivity contribution is -0.162. The Morgan fingerprint density at radius 2 is 1.86 bits per heavy atom. The van der Waals surface area contributed by atoms with Gasteiger partial charge in [-0.3, -0.25) is 14.4 Å². The van der Waals surface area contributed by atoms with Gasteiger partial charge in [0.2, 0.25) is 11.8 Å². The summed E-state index contributed by atoms with van der Waals surface area (Å²) >= 11 is 0. The normalized spacial score (nSPS) is 35.6. The number of nitrogens with zero attached hydrogens (tertiary/aromatic N) is 2. The van der Waals surface area contributed by atoms with Crippen LogP contribution < -0.4 is 0 Å². The zero-order valence-electron chi connectivity index (χ0n) is 22.9. The number of likely N-dealkylation sites (tertiary alicyclic amines) is 1. The summed E-state index contributed by atoms with van der Waals surface area (Å²) in [5.41, 5.74) is -2.40. The number of rotatable bonds is 8. The number of allylic oxidation sites excluding steroid dienone is 1. The predicted octanol–water partition coefficient (Wildman–Crippen LogP) is 3.24. The van der Waals surface area contributed by atoms with Gasteiger partial charge in [0.15, 0.2) is 0 Å². The standard InChI is InChI=1S/C29H44N2O6/c1-5-6-10-15-30-16-12-14-29-22(23-27(35)36-17-11-8-7-9-13-28(23,4)37-29)25(33)31(24(29)26(30)34)21(19-32)18-20(2)3/h9,12-14,20-24,32H,5-8,10-11,15-19H2,1-4H3/b13-9-/t21-,22+,23+,24?,28-,29+/m1/s1. The van der Waals surface area contributed by atoms with Gasteiger partial charge in [-0.25, -0.2) is 0 Å². The van der Waals surface area contributed by atoms with Crippen LogP contribution in [0.3, 0.4) is 0 Å². The molecule has 1 spiro atoms. The maximum atomic E-state index is 14.3. The smallest absolute Gasteiger partial charge is 0.313 e. The van der Waals surface area contributed by atoms with E-state index in [0.717, 1.165) is 38.5 Å². The molecule has 4 heterocycles. The number of aliphatic hydroxyl groups excluding tert-OH is 1. The Labute approximate surface area is 221 Å². The summed E-state index contributed by atoms with van der Waals surface area (Å²) in [5.74, 6) is -2.54. The fraction of sp³-hybridized carbons (Fsp3) is 0.759. The molecule has 8 nitrogen and oxygen atoms in total. The summed E-state index contributed by atoms with van der Waals surface area (Å²) in [6, 6.07) is -1.49. The van der Waals surface area contributed by atoms with E-state index in [-0.39, 0.29) is 24.3 Å². The Morgan fingerprint density at radius 3 is 2.57 bits per heavy atom. The van der Waals surface area contributed by atoms with Crippen LogP contribution in [0.5, 0.6) is 0 Å². The Morgan fingerprint density at radius 1 is 1.08 bits per heavy atom. The van der Waals surface area contributed by atoms with Crippen molar-refractivity contribution in [1.29, 1.82) is 0 Å². The lowest BCUT2D eigenvalue weighted by Gasteiger charge is -2.40. The Bertz CT molecular complexity index is 931. The summed E-state index contributed by atoms with van der Waals surface area (Å²) in [5, 5.41) is 10.4. The zero-order valence-corrected chi connectivity index (χ0v) is 22.9. The van der Waals surface area contributed by atoms with E-state index in [0.29, 0.717) is 26.1 Å². The van der Waals surface area contributed by atoms with Gasteiger partial charge in [-0.1, -0.05) is 57.9 Å². The number of carbonyl (C=O) groups is 3. The molecule has 0 aliphatic carbocycles. The van der Waals surface area contributed by atoms with Crippen LogP contribution in [0.1, 0.15) is 72.6 Å². The average Bonchev–Trinajstić information content (AvgIpc) is 3.19. The third kappa shape index (κ3) is 4.99. The van der Waals surface area contributed by atoms with Crippen LogP contribution in [0.25, 0.3) is 0 Å². The van der Waals surface area contributed by atoms with Crippen molar-refractivity contribution >= 4 is 17.8 Å². The van der Waals surface area contributed by atoms with Crippen molar-refractivity contribution in [1.82, 2.24) is 9.80 Å². The average molecular weight is 517 g/mol. The van der Waals surface area contributed by atoms with Gasteiger partial charge >= 0.3 is 5.97 Å². The summed E-state index contributed by atoms with van der Waals surface area (Å²) in [6.07, 6.45) is 13.6. The van der Waals surface area contributed by atoms with Crippen molar-refractivity contribution in [3.8, 4) is 0 Å². The fourth-order valence-electron chi connectivity index (χ4n) is 6.75. The van der Waals surface area contributed by atoms with Crippen LogP contribution in [0.4, 0.5) is 0 Å². The molecule has 4 rings (SSSR count). The first-order chi connectivity index (χ1) is 17.7. The number of hydrogen-bond donors (Lipinski definition) is 1. The number of hydrogen-bond acceptors (Lipinski definition) is 6. The van der Waals surface area contributed by atoms with Crippen molar-refractivity contribution in [3.05, 3.63) is 24.3 Å². The van der Waals surface area contributed by atoms with Gasteiger partial charge in [-0.05, 0) is 44.9 Å². The van der Waals surface area contributed by atoms with Gasteiger partial charge in [0.05, 0.1) is 30.8 Å². The quantitative estimate of drug-likeness (QED) is 0.302. The molecule has 2 amide bonds. The second kappa shape index (κ2) is 11.3. The lowest BCUT2D eigenvalue weighted by atomic mass is 9.74. The van der Waals surface area contributed by atoms with Crippen LogP contribution in [-0.2, 0) is 23.9 Å². The number of fused-ring (bicyclic) bond motifs is 2. The molecule has 0 aromatic rings. The first-order valence-corrected chi connectivity index (χ1v) is 14.1. The summed E-state index contributed by atoms with van der Waals surface area (Å²) in [4.78, 5) is 45.5. The molecule has 0 aromatic heterocycles. The van der Waals surface area contributed by atoms with E-state index in [4.69, 9.17) is 9.47 Å². The third-order valence-electron chi connectivity index (χ3n) is 8.40. The van der Waals surface area contributed by atoms with Crippen molar-refractivity contribution in [3.63, 3.8) is 0 Å². The van der Waals surface area contributed by atoms with Crippen LogP contribution in [0, 0.1) is 17.8 Å². The minimum atomic E-state index is -1.31. The minimum Gasteiger partial charge on any atom is -0.465 e. The first-order valence-electron chi connectivity index (χ1n) is 14.1. The molecular weight excluding hydrogens is 472 g/mol. The van der Waals surface area contributed by atoms with E-state index < -0.39 is 41.1 Å². The van der Waals surface area contributed by atoms with E-state index >= 15 is 0 Å². The van der Waals surface area contributed by atoms with Crippen molar-refractivity contribution in [2.45, 2.75) is 95.9 Å². The second-order valence-corrected chi connectivity index (χ2v) is 11.7. The first kappa shape index (κ1) is 27.8. The molecule has 4 aliphatic heterocycles. The number of esters is 1. The van der Waals surface area contributed by atoms with E-state index in [9.17, 15) is 19.5 Å². The predicted molar refractivity (Wildman–Crippen MR) is 139 cm³/mol. The van der Waals surface area contributed by atoms with Gasteiger partial charge in [-0.2, -0.15) is 0 Å². The van der Waals surface area contributed by atoms with Crippen LogP contribution in [0.2, 0.25) is 0 Å². The summed E-state index contributed by atoms with van der Waals surface area (Å²) < 4.78 is 12.5. The van der Waals surface area contributed by atoms with Gasteiger partial charge in [0, 0.05) is 13.1 Å². The summed E-state index contributed by atoms with van der Waals surface area (Å²) in [6.45, 7) is 9.07. The lowest BCUT2D eigenvalue weighted by Crippen LogP contribution is -2.59. The van der Waals surface area contributed by atoms with Crippen molar-refractivity contribution in [2.75, 3.05) is 26.3 Å². The number of aliphatic hydroxyl groups is 1. The van der Waals surface area contributed by atoms with Crippen molar-refractivity contribution in [2.24, 2.45) is 17.8 Å². The molecule has 0 aromatic carbocycles. The third-order valence-corrected chi connectivity index (χ3v) is 8.40. The molecule has 0 saturated carbocycles. The molecule has 0 bridgehead atoms. The number of ether oxygens (including phenoxy) is 2. The molecule has 1 unspecified atom stereocenters. The monoisotopic (exact) mass is 516 g/mol. The van der Waals surface area contributed by atoms with Gasteiger partial charge in [0.25, 0.3) is 0 Å². The molecule has 0 radical (unpaired) electrons. The van der Waals surface area contributed by atoms with Crippen LogP contribution in [0.15, 0.2) is 24.3 Å². The second-order valence-electron chi connectivity index (χ2n) is 11.7. The van der Waals surface area contributed by atoms with Crippen LogP contribution in [-0.4, -0.2) is 82.3 Å².